The summed E-state index contributed by atoms with van der Waals surface area (Å²) in [5.74, 6) is 0.497. The van der Waals surface area contributed by atoms with Gasteiger partial charge in [0.2, 0.25) is 0 Å². The number of nitrogens with two attached hydrogens (primary N) is 1. The summed E-state index contributed by atoms with van der Waals surface area (Å²) in [5, 5.41) is 2.75. The third-order valence-electron chi connectivity index (χ3n) is 2.27. The van der Waals surface area contributed by atoms with Crippen molar-refractivity contribution in [1.29, 1.82) is 0 Å². The van der Waals surface area contributed by atoms with Crippen molar-refractivity contribution < 1.29 is 9.53 Å². The van der Waals surface area contributed by atoms with Crippen molar-refractivity contribution in [2.24, 2.45) is 5.73 Å². The standard InChI is InChI=1S/C13H20N2O2/c1-3-8-17-12-5-4-10(2)9-11(12)13(16)15-7-6-14/h4-5,9H,3,6-8,14H2,1-2H3,(H,15,16). The minimum absolute atomic E-state index is 0.134. The van der Waals surface area contributed by atoms with E-state index in [0.717, 1.165) is 12.0 Å². The molecule has 1 amide bonds. The second kappa shape index (κ2) is 6.91. The van der Waals surface area contributed by atoms with Crippen molar-refractivity contribution in [3.05, 3.63) is 29.3 Å². The molecular weight excluding hydrogens is 216 g/mol. The van der Waals surface area contributed by atoms with E-state index < -0.39 is 0 Å². The Morgan fingerprint density at radius 3 is 2.88 bits per heavy atom. The predicted octanol–water partition coefficient (Wildman–Crippen LogP) is 1.47. The summed E-state index contributed by atoms with van der Waals surface area (Å²) in [7, 11) is 0. The molecule has 0 aliphatic carbocycles. The van der Waals surface area contributed by atoms with Gasteiger partial charge in [-0.25, -0.2) is 0 Å². The van der Waals surface area contributed by atoms with Gasteiger partial charge in [0.05, 0.1) is 12.2 Å². The van der Waals surface area contributed by atoms with Crippen molar-refractivity contribution >= 4 is 5.91 Å². The van der Waals surface area contributed by atoms with Gasteiger partial charge in [0.15, 0.2) is 0 Å². The average Bonchev–Trinajstić information content (AvgIpc) is 2.34. The van der Waals surface area contributed by atoms with E-state index in [4.69, 9.17) is 10.5 Å². The van der Waals surface area contributed by atoms with Gasteiger partial charge in [-0.05, 0) is 25.5 Å². The molecule has 0 atom stereocenters. The van der Waals surface area contributed by atoms with E-state index in [1.165, 1.54) is 0 Å². The van der Waals surface area contributed by atoms with Crippen LogP contribution in [0.15, 0.2) is 18.2 Å². The second-order valence-corrected chi connectivity index (χ2v) is 3.89. The van der Waals surface area contributed by atoms with Crippen molar-refractivity contribution in [2.45, 2.75) is 20.3 Å². The largest absolute Gasteiger partial charge is 0.493 e. The third-order valence-corrected chi connectivity index (χ3v) is 2.27. The molecule has 4 heteroatoms. The number of carbonyl (C=O) groups is 1. The SMILES string of the molecule is CCCOc1ccc(C)cc1C(=O)NCCN. The highest BCUT2D eigenvalue weighted by molar-refractivity contribution is 5.97. The van der Waals surface area contributed by atoms with E-state index in [1.807, 2.05) is 32.0 Å². The van der Waals surface area contributed by atoms with Gasteiger partial charge < -0.3 is 15.8 Å². The van der Waals surface area contributed by atoms with E-state index in [-0.39, 0.29) is 5.91 Å². The summed E-state index contributed by atoms with van der Waals surface area (Å²) in [6.07, 6.45) is 0.914. The first kappa shape index (κ1) is 13.5. The lowest BCUT2D eigenvalue weighted by Crippen LogP contribution is -2.29. The third kappa shape index (κ3) is 4.07. The molecule has 0 radical (unpaired) electrons. The number of benzene rings is 1. The van der Waals surface area contributed by atoms with Gasteiger partial charge in [-0.1, -0.05) is 18.6 Å². The molecule has 1 aromatic carbocycles. The number of rotatable bonds is 6. The van der Waals surface area contributed by atoms with Crippen LogP contribution < -0.4 is 15.8 Å². The molecule has 0 aliphatic heterocycles. The van der Waals surface area contributed by atoms with Gasteiger partial charge in [-0.3, -0.25) is 4.79 Å². The first-order valence-electron chi connectivity index (χ1n) is 5.90. The molecule has 1 rings (SSSR count). The Labute approximate surface area is 102 Å². The maximum absolute atomic E-state index is 11.9. The van der Waals surface area contributed by atoms with Gasteiger partial charge in [0, 0.05) is 13.1 Å². The van der Waals surface area contributed by atoms with Crippen LogP contribution in [0.1, 0.15) is 29.3 Å². The zero-order valence-corrected chi connectivity index (χ0v) is 10.5. The van der Waals surface area contributed by atoms with E-state index in [2.05, 4.69) is 5.32 Å². The van der Waals surface area contributed by atoms with Crippen molar-refractivity contribution in [1.82, 2.24) is 5.32 Å². The summed E-state index contributed by atoms with van der Waals surface area (Å²) in [4.78, 5) is 11.9. The zero-order chi connectivity index (χ0) is 12.7. The predicted molar refractivity (Wildman–Crippen MR) is 68.4 cm³/mol. The van der Waals surface area contributed by atoms with Crippen LogP contribution in [0.5, 0.6) is 5.75 Å². The summed E-state index contributed by atoms with van der Waals surface area (Å²) in [6.45, 7) is 5.49. The normalized spacial score (nSPS) is 10.1. The number of aryl methyl sites for hydroxylation is 1. The van der Waals surface area contributed by atoms with E-state index in [0.29, 0.717) is 31.0 Å². The lowest BCUT2D eigenvalue weighted by molar-refractivity contribution is 0.0950. The molecule has 0 bridgehead atoms. The first-order chi connectivity index (χ1) is 8.19. The van der Waals surface area contributed by atoms with Crippen molar-refractivity contribution in [3.8, 4) is 5.75 Å². The van der Waals surface area contributed by atoms with Gasteiger partial charge >= 0.3 is 0 Å². The number of hydrogen-bond acceptors (Lipinski definition) is 3. The molecule has 1 aromatic rings. The molecule has 0 fully saturated rings. The van der Waals surface area contributed by atoms with Crippen LogP contribution in [0.4, 0.5) is 0 Å². The van der Waals surface area contributed by atoms with Gasteiger partial charge in [0.1, 0.15) is 5.75 Å². The molecule has 94 valence electrons. The Bertz CT molecular complexity index is 378. The quantitative estimate of drug-likeness (QED) is 0.786. The van der Waals surface area contributed by atoms with Crippen LogP contribution in [0, 0.1) is 6.92 Å². The van der Waals surface area contributed by atoms with Crippen LogP contribution in [-0.4, -0.2) is 25.6 Å². The van der Waals surface area contributed by atoms with Crippen LogP contribution in [-0.2, 0) is 0 Å². The molecule has 3 N–H and O–H groups in total. The molecule has 0 spiro atoms. The number of nitrogens with one attached hydrogen (secondary N) is 1. The lowest BCUT2D eigenvalue weighted by atomic mass is 10.1. The molecule has 0 saturated carbocycles. The monoisotopic (exact) mass is 236 g/mol. The lowest BCUT2D eigenvalue weighted by Gasteiger charge is -2.11. The summed E-state index contributed by atoms with van der Waals surface area (Å²) < 4.78 is 5.55. The Hall–Kier alpha value is -1.55. The molecule has 0 aliphatic rings. The van der Waals surface area contributed by atoms with Crippen LogP contribution >= 0.6 is 0 Å². The highest BCUT2D eigenvalue weighted by Crippen LogP contribution is 2.20. The number of hydrogen-bond donors (Lipinski definition) is 2. The molecule has 0 heterocycles. The van der Waals surface area contributed by atoms with Crippen LogP contribution in [0.2, 0.25) is 0 Å². The van der Waals surface area contributed by atoms with Crippen molar-refractivity contribution in [3.63, 3.8) is 0 Å². The fraction of sp³-hybridized carbons (Fsp3) is 0.462. The topological polar surface area (TPSA) is 64.3 Å². The van der Waals surface area contributed by atoms with Gasteiger partial charge in [-0.15, -0.1) is 0 Å². The Morgan fingerprint density at radius 1 is 1.47 bits per heavy atom. The average molecular weight is 236 g/mol. The number of carbonyl (C=O) groups excluding carboxylic acids is 1. The van der Waals surface area contributed by atoms with E-state index in [9.17, 15) is 4.79 Å². The van der Waals surface area contributed by atoms with Crippen LogP contribution in [0.3, 0.4) is 0 Å². The molecule has 0 saturated heterocycles. The second-order valence-electron chi connectivity index (χ2n) is 3.89. The Balaban J connectivity index is 2.85. The first-order valence-corrected chi connectivity index (χ1v) is 5.90. The highest BCUT2D eigenvalue weighted by Gasteiger charge is 2.12. The Morgan fingerprint density at radius 2 is 2.24 bits per heavy atom. The fourth-order valence-corrected chi connectivity index (χ4v) is 1.44. The van der Waals surface area contributed by atoms with E-state index in [1.54, 1.807) is 0 Å². The van der Waals surface area contributed by atoms with Gasteiger partial charge in [0.25, 0.3) is 5.91 Å². The molecule has 0 unspecified atom stereocenters. The highest BCUT2D eigenvalue weighted by atomic mass is 16.5. The number of ether oxygens (including phenoxy) is 1. The maximum Gasteiger partial charge on any atom is 0.255 e. The summed E-state index contributed by atoms with van der Waals surface area (Å²) >= 11 is 0. The smallest absolute Gasteiger partial charge is 0.255 e. The summed E-state index contributed by atoms with van der Waals surface area (Å²) in [5.41, 5.74) is 6.97. The molecular formula is C13H20N2O2. The molecule has 17 heavy (non-hydrogen) atoms. The minimum Gasteiger partial charge on any atom is -0.493 e. The molecule has 0 aromatic heterocycles. The number of amides is 1. The maximum atomic E-state index is 11.9. The van der Waals surface area contributed by atoms with E-state index >= 15 is 0 Å². The minimum atomic E-state index is -0.134. The fourth-order valence-electron chi connectivity index (χ4n) is 1.44. The summed E-state index contributed by atoms with van der Waals surface area (Å²) in [6, 6.07) is 5.60. The zero-order valence-electron chi connectivity index (χ0n) is 10.5. The van der Waals surface area contributed by atoms with Crippen molar-refractivity contribution in [2.75, 3.05) is 19.7 Å². The van der Waals surface area contributed by atoms with Crippen LogP contribution in [0.25, 0.3) is 0 Å². The van der Waals surface area contributed by atoms with Gasteiger partial charge in [-0.2, -0.15) is 0 Å². The Kier molecular flexibility index (Phi) is 5.49. The molecule has 4 nitrogen and oxygen atoms in total.